The van der Waals surface area contributed by atoms with E-state index in [1.54, 1.807) is 0 Å². The first kappa shape index (κ1) is 13.2. The molecule has 0 saturated heterocycles. The minimum atomic E-state index is -0.334. The van der Waals surface area contributed by atoms with E-state index in [1.165, 1.54) is 6.42 Å². The van der Waals surface area contributed by atoms with Crippen molar-refractivity contribution >= 4 is 0 Å². The predicted molar refractivity (Wildman–Crippen MR) is 67.4 cm³/mol. The van der Waals surface area contributed by atoms with E-state index >= 15 is 0 Å². The topological polar surface area (TPSA) is 33.1 Å². The summed E-state index contributed by atoms with van der Waals surface area (Å²) in [4.78, 5) is 4.31. The van der Waals surface area contributed by atoms with E-state index in [2.05, 4.69) is 18.8 Å². The van der Waals surface area contributed by atoms with E-state index in [0.29, 0.717) is 5.92 Å². The van der Waals surface area contributed by atoms with Crippen molar-refractivity contribution in [3.05, 3.63) is 29.1 Å². The van der Waals surface area contributed by atoms with Crippen molar-refractivity contribution in [2.45, 2.75) is 53.1 Å². The van der Waals surface area contributed by atoms with Crippen LogP contribution >= 0.6 is 0 Å². The molecule has 0 amide bonds. The smallest absolute Gasteiger partial charge is 0.0791 e. The van der Waals surface area contributed by atoms with Crippen LogP contribution in [0.1, 0.15) is 56.2 Å². The van der Waals surface area contributed by atoms with Crippen LogP contribution in [0.4, 0.5) is 0 Å². The fourth-order valence-electron chi connectivity index (χ4n) is 1.95. The van der Waals surface area contributed by atoms with E-state index in [0.717, 1.165) is 29.8 Å². The average Bonchev–Trinajstić information content (AvgIpc) is 2.15. The lowest BCUT2D eigenvalue weighted by Crippen LogP contribution is -2.01. The number of aryl methyl sites for hydroxylation is 2. The molecular formula is C14H23NO. The molecular weight excluding hydrogens is 198 g/mol. The molecule has 0 radical (unpaired) electrons. The number of rotatable bonds is 5. The molecule has 1 aromatic heterocycles. The Hall–Kier alpha value is -0.890. The van der Waals surface area contributed by atoms with Gasteiger partial charge in [-0.1, -0.05) is 26.7 Å². The number of hydrogen-bond acceptors (Lipinski definition) is 2. The molecule has 1 N–H and O–H groups in total. The first-order chi connectivity index (χ1) is 7.49. The van der Waals surface area contributed by atoms with Gasteiger partial charge in [-0.15, -0.1) is 0 Å². The summed E-state index contributed by atoms with van der Waals surface area (Å²) in [6.07, 6.45) is 2.78. The highest BCUT2D eigenvalue weighted by molar-refractivity contribution is 5.22. The summed E-state index contributed by atoms with van der Waals surface area (Å²) < 4.78 is 0. The summed E-state index contributed by atoms with van der Waals surface area (Å²) in [5, 5.41) is 10.1. The molecule has 1 aromatic rings. The second-order valence-electron chi connectivity index (χ2n) is 5.02. The molecule has 0 aliphatic carbocycles. The third-order valence-electron chi connectivity index (χ3n) is 2.75. The zero-order chi connectivity index (χ0) is 12.1. The molecule has 1 rings (SSSR count). The van der Waals surface area contributed by atoms with Crippen LogP contribution in [-0.4, -0.2) is 10.1 Å². The van der Waals surface area contributed by atoms with E-state index in [-0.39, 0.29) is 6.10 Å². The van der Waals surface area contributed by atoms with Crippen LogP contribution < -0.4 is 0 Å². The van der Waals surface area contributed by atoms with Crippen LogP contribution in [-0.2, 0) is 0 Å². The number of nitrogens with zero attached hydrogens (tertiary/aromatic N) is 1. The second-order valence-corrected chi connectivity index (χ2v) is 5.02. The molecule has 2 nitrogen and oxygen atoms in total. The van der Waals surface area contributed by atoms with Gasteiger partial charge in [0, 0.05) is 11.4 Å². The molecule has 1 heterocycles. The number of aromatic nitrogens is 1. The van der Waals surface area contributed by atoms with Crippen molar-refractivity contribution in [1.82, 2.24) is 4.98 Å². The summed E-state index contributed by atoms with van der Waals surface area (Å²) in [5.74, 6) is 0.716. The van der Waals surface area contributed by atoms with E-state index < -0.39 is 0 Å². The van der Waals surface area contributed by atoms with Crippen molar-refractivity contribution in [3.63, 3.8) is 0 Å². The van der Waals surface area contributed by atoms with Gasteiger partial charge in [0.15, 0.2) is 0 Å². The summed E-state index contributed by atoms with van der Waals surface area (Å²) in [6.45, 7) is 8.37. The van der Waals surface area contributed by atoms with E-state index in [4.69, 9.17) is 0 Å². The third-order valence-corrected chi connectivity index (χ3v) is 2.75. The molecule has 0 bridgehead atoms. The van der Waals surface area contributed by atoms with Gasteiger partial charge >= 0.3 is 0 Å². The average molecular weight is 221 g/mol. The maximum Gasteiger partial charge on any atom is 0.0791 e. The lowest BCUT2D eigenvalue weighted by atomic mass is 10.00. The van der Waals surface area contributed by atoms with Gasteiger partial charge in [-0.2, -0.15) is 0 Å². The standard InChI is InChI=1S/C14H23NO/c1-10(2)6-5-7-14(16)13-8-11(3)15-12(4)9-13/h8-10,14,16H,5-7H2,1-4H3. The molecule has 0 spiro atoms. The molecule has 2 heteroatoms. The first-order valence-corrected chi connectivity index (χ1v) is 6.12. The number of aliphatic hydroxyl groups excluding tert-OH is 1. The van der Waals surface area contributed by atoms with Crippen LogP contribution in [0.3, 0.4) is 0 Å². The first-order valence-electron chi connectivity index (χ1n) is 6.12. The molecule has 0 aliphatic heterocycles. The van der Waals surface area contributed by atoms with Crippen molar-refractivity contribution in [2.75, 3.05) is 0 Å². The third kappa shape index (κ3) is 4.31. The minimum Gasteiger partial charge on any atom is -0.388 e. The summed E-state index contributed by atoms with van der Waals surface area (Å²) >= 11 is 0. The van der Waals surface area contributed by atoms with Gasteiger partial charge in [-0.25, -0.2) is 0 Å². The summed E-state index contributed by atoms with van der Waals surface area (Å²) in [5.41, 5.74) is 2.98. The van der Waals surface area contributed by atoms with Crippen molar-refractivity contribution in [2.24, 2.45) is 5.92 Å². The minimum absolute atomic E-state index is 0.334. The Morgan fingerprint density at radius 3 is 2.19 bits per heavy atom. The van der Waals surface area contributed by atoms with Crippen LogP contribution in [0.15, 0.2) is 12.1 Å². The Morgan fingerprint density at radius 2 is 1.69 bits per heavy atom. The van der Waals surface area contributed by atoms with Crippen LogP contribution in [0.2, 0.25) is 0 Å². The van der Waals surface area contributed by atoms with E-state index in [9.17, 15) is 5.11 Å². The van der Waals surface area contributed by atoms with Crippen LogP contribution in [0.5, 0.6) is 0 Å². The zero-order valence-corrected chi connectivity index (χ0v) is 10.8. The highest BCUT2D eigenvalue weighted by Gasteiger charge is 2.09. The van der Waals surface area contributed by atoms with Crippen LogP contribution in [0, 0.1) is 19.8 Å². The fraction of sp³-hybridized carbons (Fsp3) is 0.643. The maximum atomic E-state index is 10.1. The van der Waals surface area contributed by atoms with Gasteiger partial charge in [0.1, 0.15) is 0 Å². The SMILES string of the molecule is Cc1cc(C(O)CCCC(C)C)cc(C)n1. The Kier molecular flexibility index (Phi) is 4.94. The zero-order valence-electron chi connectivity index (χ0n) is 10.8. The predicted octanol–water partition coefficient (Wildman–Crippen LogP) is 3.56. The largest absolute Gasteiger partial charge is 0.388 e. The van der Waals surface area contributed by atoms with Crippen molar-refractivity contribution in [1.29, 1.82) is 0 Å². The number of aliphatic hydroxyl groups is 1. The molecule has 16 heavy (non-hydrogen) atoms. The maximum absolute atomic E-state index is 10.1. The molecule has 90 valence electrons. The van der Waals surface area contributed by atoms with E-state index in [1.807, 2.05) is 26.0 Å². The van der Waals surface area contributed by atoms with Crippen LogP contribution in [0.25, 0.3) is 0 Å². The van der Waals surface area contributed by atoms with Crippen molar-refractivity contribution in [3.8, 4) is 0 Å². The Labute approximate surface area is 98.7 Å². The van der Waals surface area contributed by atoms with Gasteiger partial charge < -0.3 is 5.11 Å². The molecule has 1 atom stereocenters. The summed E-state index contributed by atoms with van der Waals surface area (Å²) in [6, 6.07) is 3.96. The monoisotopic (exact) mass is 221 g/mol. The van der Waals surface area contributed by atoms with Crippen molar-refractivity contribution < 1.29 is 5.11 Å². The molecule has 1 unspecified atom stereocenters. The molecule has 0 aliphatic rings. The normalized spacial score (nSPS) is 13.1. The van der Waals surface area contributed by atoms with Gasteiger partial charge in [-0.05, 0) is 43.9 Å². The second kappa shape index (κ2) is 6.00. The van der Waals surface area contributed by atoms with Gasteiger partial charge in [0.2, 0.25) is 0 Å². The lowest BCUT2D eigenvalue weighted by molar-refractivity contribution is 0.162. The van der Waals surface area contributed by atoms with Gasteiger partial charge in [-0.3, -0.25) is 4.98 Å². The Morgan fingerprint density at radius 1 is 1.12 bits per heavy atom. The lowest BCUT2D eigenvalue weighted by Gasteiger charge is -2.13. The Balaban J connectivity index is 2.55. The number of hydrogen-bond donors (Lipinski definition) is 1. The molecule has 0 saturated carbocycles. The Bertz CT molecular complexity index is 313. The fourth-order valence-corrected chi connectivity index (χ4v) is 1.95. The van der Waals surface area contributed by atoms with Gasteiger partial charge in [0.05, 0.1) is 6.10 Å². The molecule has 0 aromatic carbocycles. The highest BCUT2D eigenvalue weighted by Crippen LogP contribution is 2.21. The summed E-state index contributed by atoms with van der Waals surface area (Å²) in [7, 11) is 0. The van der Waals surface area contributed by atoms with Gasteiger partial charge in [0.25, 0.3) is 0 Å². The quantitative estimate of drug-likeness (QED) is 0.824. The molecule has 0 fully saturated rings. The highest BCUT2D eigenvalue weighted by atomic mass is 16.3. The number of pyridine rings is 1.